The summed E-state index contributed by atoms with van der Waals surface area (Å²) in [6.45, 7) is 5.44. The van der Waals surface area contributed by atoms with Crippen molar-refractivity contribution in [2.24, 2.45) is 4.99 Å². The maximum Gasteiger partial charge on any atom is 0.286 e. The monoisotopic (exact) mass is 462 g/mol. The molecule has 1 amide bonds. The molecule has 0 saturated carbocycles. The summed E-state index contributed by atoms with van der Waals surface area (Å²) in [6, 6.07) is 15.9. The van der Waals surface area contributed by atoms with Gasteiger partial charge in [-0.05, 0) is 68.1 Å². The van der Waals surface area contributed by atoms with Crippen molar-refractivity contribution in [1.29, 1.82) is 0 Å². The second-order valence-corrected chi connectivity index (χ2v) is 9.20. The maximum absolute atomic E-state index is 13.5. The van der Waals surface area contributed by atoms with Gasteiger partial charge in [-0.3, -0.25) is 4.79 Å². The first kappa shape index (κ1) is 21.6. The van der Waals surface area contributed by atoms with Gasteiger partial charge in [-0.2, -0.15) is 10.1 Å². The smallest absolute Gasteiger partial charge is 0.286 e. The van der Waals surface area contributed by atoms with Crippen LogP contribution in [0.25, 0.3) is 23.0 Å². The van der Waals surface area contributed by atoms with Gasteiger partial charge in [0.1, 0.15) is 5.82 Å². The standard InChI is InChI=1S/C25H23FN4O2S/c1-16-13-29(14-17(2)32-16)25-27-24(31)22(33-25)12-19-15-30(21-6-4-3-5-7-21)28-23(19)18-8-10-20(26)11-9-18/h3-12,15-17H,13-14H2,1-2H3/b22-12-/t16-,17+. The number of nitrogens with zero attached hydrogens (tertiary/aromatic N) is 4. The van der Waals surface area contributed by atoms with Gasteiger partial charge in [-0.25, -0.2) is 9.07 Å². The molecule has 6 nitrogen and oxygen atoms in total. The van der Waals surface area contributed by atoms with Crippen LogP contribution in [0, 0.1) is 5.82 Å². The Kier molecular flexibility index (Phi) is 5.86. The number of morpholine rings is 1. The van der Waals surface area contributed by atoms with E-state index in [1.807, 2.05) is 56.5 Å². The summed E-state index contributed by atoms with van der Waals surface area (Å²) >= 11 is 1.37. The Labute approximate surface area is 195 Å². The summed E-state index contributed by atoms with van der Waals surface area (Å²) < 4.78 is 21.1. The molecule has 1 fully saturated rings. The molecule has 2 atom stereocenters. The third kappa shape index (κ3) is 4.62. The van der Waals surface area contributed by atoms with E-state index in [1.54, 1.807) is 16.8 Å². The lowest BCUT2D eigenvalue weighted by Gasteiger charge is -2.35. The topological polar surface area (TPSA) is 59.7 Å². The van der Waals surface area contributed by atoms with Gasteiger partial charge < -0.3 is 9.64 Å². The zero-order valence-electron chi connectivity index (χ0n) is 18.3. The van der Waals surface area contributed by atoms with Crippen LogP contribution in [0.3, 0.4) is 0 Å². The van der Waals surface area contributed by atoms with Gasteiger partial charge in [0.2, 0.25) is 0 Å². The van der Waals surface area contributed by atoms with Crippen molar-refractivity contribution >= 4 is 28.9 Å². The predicted molar refractivity (Wildman–Crippen MR) is 129 cm³/mol. The lowest BCUT2D eigenvalue weighted by Crippen LogP contribution is -2.47. The molecule has 2 aliphatic heterocycles. The van der Waals surface area contributed by atoms with Gasteiger partial charge in [-0.15, -0.1) is 0 Å². The highest BCUT2D eigenvalue weighted by atomic mass is 32.2. The average Bonchev–Trinajstić information content (AvgIpc) is 3.38. The quantitative estimate of drug-likeness (QED) is 0.526. The van der Waals surface area contributed by atoms with Crippen molar-refractivity contribution in [3.63, 3.8) is 0 Å². The molecule has 0 unspecified atom stereocenters. The van der Waals surface area contributed by atoms with E-state index >= 15 is 0 Å². The molecule has 0 radical (unpaired) electrons. The highest BCUT2D eigenvalue weighted by molar-refractivity contribution is 8.18. The van der Waals surface area contributed by atoms with Crippen molar-refractivity contribution in [2.45, 2.75) is 26.1 Å². The summed E-state index contributed by atoms with van der Waals surface area (Å²) in [6.07, 6.45) is 3.86. The van der Waals surface area contributed by atoms with Crippen LogP contribution in [-0.2, 0) is 9.53 Å². The van der Waals surface area contributed by atoms with E-state index in [9.17, 15) is 9.18 Å². The van der Waals surface area contributed by atoms with Crippen molar-refractivity contribution < 1.29 is 13.9 Å². The van der Waals surface area contributed by atoms with E-state index in [0.29, 0.717) is 28.9 Å². The number of ether oxygens (including phenoxy) is 1. The van der Waals surface area contributed by atoms with E-state index in [1.165, 1.54) is 23.9 Å². The first-order valence-corrected chi connectivity index (χ1v) is 11.6. The molecule has 2 aliphatic rings. The summed E-state index contributed by atoms with van der Waals surface area (Å²) in [4.78, 5) is 19.7. The molecule has 33 heavy (non-hydrogen) atoms. The van der Waals surface area contributed by atoms with Gasteiger partial charge in [0.15, 0.2) is 5.17 Å². The second-order valence-electron chi connectivity index (χ2n) is 8.19. The van der Waals surface area contributed by atoms with Gasteiger partial charge in [0.25, 0.3) is 5.91 Å². The SMILES string of the molecule is C[C@@H]1CN(C2=NC(=O)/C(=C/c3cn(-c4ccccc4)nc3-c3ccc(F)cc3)S2)C[C@H](C)O1. The minimum Gasteiger partial charge on any atom is -0.372 e. The largest absolute Gasteiger partial charge is 0.372 e. The van der Waals surface area contributed by atoms with Crippen LogP contribution in [0.4, 0.5) is 4.39 Å². The van der Waals surface area contributed by atoms with Gasteiger partial charge in [0.05, 0.1) is 28.5 Å². The van der Waals surface area contributed by atoms with E-state index in [0.717, 1.165) is 16.8 Å². The number of para-hydroxylation sites is 1. The van der Waals surface area contributed by atoms with Crippen LogP contribution in [0.1, 0.15) is 19.4 Å². The third-order valence-electron chi connectivity index (χ3n) is 5.47. The summed E-state index contributed by atoms with van der Waals surface area (Å²) in [5, 5.41) is 5.44. The maximum atomic E-state index is 13.5. The molecular weight excluding hydrogens is 439 g/mol. The fraction of sp³-hybridized carbons (Fsp3) is 0.240. The molecule has 0 bridgehead atoms. The van der Waals surface area contributed by atoms with Crippen molar-refractivity contribution in [2.75, 3.05) is 13.1 Å². The van der Waals surface area contributed by atoms with Crippen LogP contribution in [-0.4, -0.2) is 51.1 Å². The molecule has 5 rings (SSSR count). The van der Waals surface area contributed by atoms with Crippen molar-refractivity contribution in [3.05, 3.63) is 77.1 Å². The summed E-state index contributed by atoms with van der Waals surface area (Å²) in [7, 11) is 0. The summed E-state index contributed by atoms with van der Waals surface area (Å²) in [5.74, 6) is -0.575. The fourth-order valence-corrected chi connectivity index (χ4v) is 4.97. The normalized spacial score (nSPS) is 22.2. The molecule has 8 heteroatoms. The Balaban J connectivity index is 1.49. The zero-order chi connectivity index (χ0) is 22.9. The second kappa shape index (κ2) is 8.96. The number of rotatable bonds is 3. The lowest BCUT2D eigenvalue weighted by atomic mass is 10.1. The zero-order valence-corrected chi connectivity index (χ0v) is 19.1. The molecular formula is C25H23FN4O2S. The minimum absolute atomic E-state index is 0.0781. The summed E-state index contributed by atoms with van der Waals surface area (Å²) in [5.41, 5.74) is 3.10. The number of hydrogen-bond donors (Lipinski definition) is 0. The number of benzene rings is 2. The number of halogens is 1. The Morgan fingerprint density at radius 3 is 2.45 bits per heavy atom. The minimum atomic E-state index is -0.310. The molecule has 2 aromatic carbocycles. The van der Waals surface area contributed by atoms with E-state index in [2.05, 4.69) is 9.89 Å². The van der Waals surface area contributed by atoms with Crippen LogP contribution < -0.4 is 0 Å². The number of amides is 1. The number of carbonyl (C=O) groups is 1. The van der Waals surface area contributed by atoms with Gasteiger partial charge in [0, 0.05) is 30.4 Å². The average molecular weight is 463 g/mol. The number of thioether (sulfide) groups is 1. The lowest BCUT2D eigenvalue weighted by molar-refractivity contribution is -0.113. The molecule has 1 saturated heterocycles. The van der Waals surface area contributed by atoms with E-state index < -0.39 is 0 Å². The Morgan fingerprint density at radius 2 is 1.76 bits per heavy atom. The number of amidine groups is 1. The third-order valence-corrected chi connectivity index (χ3v) is 6.51. The Hall–Kier alpha value is -3.23. The van der Waals surface area contributed by atoms with Gasteiger partial charge in [-0.1, -0.05) is 18.2 Å². The predicted octanol–water partition coefficient (Wildman–Crippen LogP) is 4.76. The molecule has 0 aliphatic carbocycles. The van der Waals surface area contributed by atoms with E-state index in [4.69, 9.17) is 9.84 Å². The highest BCUT2D eigenvalue weighted by Gasteiger charge is 2.31. The number of aromatic nitrogens is 2. The highest BCUT2D eigenvalue weighted by Crippen LogP contribution is 2.34. The van der Waals surface area contributed by atoms with Crippen molar-refractivity contribution in [1.82, 2.24) is 14.7 Å². The molecule has 1 aromatic heterocycles. The fourth-order valence-electron chi connectivity index (χ4n) is 4.05. The van der Waals surface area contributed by atoms with Crippen LogP contribution in [0.15, 0.2) is 70.7 Å². The first-order valence-electron chi connectivity index (χ1n) is 10.8. The van der Waals surface area contributed by atoms with Crippen molar-refractivity contribution in [3.8, 4) is 16.9 Å². The van der Waals surface area contributed by atoms with Crippen LogP contribution >= 0.6 is 11.8 Å². The molecule has 168 valence electrons. The van der Waals surface area contributed by atoms with E-state index in [-0.39, 0.29) is 23.9 Å². The number of aliphatic imine (C=N–C) groups is 1. The van der Waals surface area contributed by atoms with Crippen LogP contribution in [0.5, 0.6) is 0 Å². The number of hydrogen-bond acceptors (Lipinski definition) is 5. The molecule has 3 aromatic rings. The molecule has 0 N–H and O–H groups in total. The Morgan fingerprint density at radius 1 is 1.06 bits per heavy atom. The molecule has 3 heterocycles. The Bertz CT molecular complexity index is 1230. The van der Waals surface area contributed by atoms with Gasteiger partial charge >= 0.3 is 0 Å². The van der Waals surface area contributed by atoms with Crippen LogP contribution in [0.2, 0.25) is 0 Å². The first-order chi connectivity index (χ1) is 16.0. The molecule has 0 spiro atoms. The number of carbonyl (C=O) groups excluding carboxylic acids is 1.